The largest absolute Gasteiger partial charge is 0.309 e. The molecule has 0 saturated heterocycles. The van der Waals surface area contributed by atoms with Crippen LogP contribution < -0.4 is 0 Å². The van der Waals surface area contributed by atoms with Gasteiger partial charge < -0.3 is 4.57 Å². The normalized spacial score (nSPS) is 11.6. The standard InChI is InChI=1S/C51H32N4S/c1-3-12-33(13-4-1)35-22-24-36(25-23-35)49-52-50(54-51(53-49)39-27-29-44-43-19-8-10-21-47(43)56-48(44)32-39)38-16-11-17-40(30-38)55-45-20-9-7-18-41(45)42-28-26-37(31-46(42)55)34-14-5-2-6-15-34/h1-32H. The number of para-hydroxylation sites is 1. The van der Waals surface area contributed by atoms with Crippen LogP contribution in [0.2, 0.25) is 0 Å². The third-order valence-corrected chi connectivity index (χ3v) is 11.8. The molecule has 11 aromatic rings. The van der Waals surface area contributed by atoms with Gasteiger partial charge in [0, 0.05) is 53.3 Å². The average molecular weight is 733 g/mol. The Morgan fingerprint density at radius 2 is 0.804 bits per heavy atom. The lowest BCUT2D eigenvalue weighted by atomic mass is 10.0. The van der Waals surface area contributed by atoms with Crippen LogP contribution in [0.15, 0.2) is 194 Å². The lowest BCUT2D eigenvalue weighted by molar-refractivity contribution is 1.07. The van der Waals surface area contributed by atoms with Crippen LogP contribution in [0.1, 0.15) is 0 Å². The van der Waals surface area contributed by atoms with Crippen molar-refractivity contribution in [3.05, 3.63) is 194 Å². The predicted octanol–water partition coefficient (Wildman–Crippen LogP) is 13.7. The Morgan fingerprint density at radius 1 is 0.304 bits per heavy atom. The fourth-order valence-corrected chi connectivity index (χ4v) is 9.06. The number of hydrogen-bond donors (Lipinski definition) is 0. The van der Waals surface area contributed by atoms with Crippen molar-refractivity contribution in [2.45, 2.75) is 0 Å². The summed E-state index contributed by atoms with van der Waals surface area (Å²) in [5.74, 6) is 1.91. The minimum atomic E-state index is 0.626. The molecule has 5 heteroatoms. The first-order valence-electron chi connectivity index (χ1n) is 18.8. The van der Waals surface area contributed by atoms with Gasteiger partial charge in [0.15, 0.2) is 17.5 Å². The molecular weight excluding hydrogens is 701 g/mol. The van der Waals surface area contributed by atoms with Gasteiger partial charge in [-0.05, 0) is 58.7 Å². The van der Waals surface area contributed by atoms with Crippen molar-refractivity contribution >= 4 is 53.3 Å². The third kappa shape index (κ3) is 5.56. The van der Waals surface area contributed by atoms with Crippen molar-refractivity contribution in [1.82, 2.24) is 19.5 Å². The van der Waals surface area contributed by atoms with Crippen molar-refractivity contribution in [1.29, 1.82) is 0 Å². The molecule has 3 aromatic heterocycles. The van der Waals surface area contributed by atoms with Crippen molar-refractivity contribution in [3.8, 4) is 62.1 Å². The molecule has 3 heterocycles. The molecule has 0 spiro atoms. The number of nitrogens with zero attached hydrogens (tertiary/aromatic N) is 4. The molecular formula is C51H32N4S. The van der Waals surface area contributed by atoms with E-state index >= 15 is 0 Å². The van der Waals surface area contributed by atoms with E-state index in [0.717, 1.165) is 39.0 Å². The lowest BCUT2D eigenvalue weighted by Gasteiger charge is -2.12. The monoisotopic (exact) mass is 732 g/mol. The van der Waals surface area contributed by atoms with Crippen LogP contribution in [0.4, 0.5) is 0 Å². The Kier molecular flexibility index (Phi) is 7.64. The fourth-order valence-electron chi connectivity index (χ4n) is 7.91. The van der Waals surface area contributed by atoms with Gasteiger partial charge in [-0.2, -0.15) is 0 Å². The second-order valence-electron chi connectivity index (χ2n) is 14.1. The summed E-state index contributed by atoms with van der Waals surface area (Å²) in [7, 11) is 0. The summed E-state index contributed by atoms with van der Waals surface area (Å²) < 4.78 is 4.84. The predicted molar refractivity (Wildman–Crippen MR) is 234 cm³/mol. The van der Waals surface area contributed by atoms with Gasteiger partial charge >= 0.3 is 0 Å². The van der Waals surface area contributed by atoms with Crippen molar-refractivity contribution in [2.24, 2.45) is 0 Å². The van der Waals surface area contributed by atoms with Gasteiger partial charge in [0.05, 0.1) is 11.0 Å². The van der Waals surface area contributed by atoms with Crippen LogP contribution in [-0.2, 0) is 0 Å². The van der Waals surface area contributed by atoms with E-state index in [1.807, 2.05) is 6.07 Å². The number of hydrogen-bond acceptors (Lipinski definition) is 4. The highest BCUT2D eigenvalue weighted by molar-refractivity contribution is 7.25. The van der Waals surface area contributed by atoms with Crippen LogP contribution in [0.25, 0.3) is 104 Å². The Balaban J connectivity index is 1.08. The van der Waals surface area contributed by atoms with Gasteiger partial charge in [-0.25, -0.2) is 15.0 Å². The molecule has 0 saturated carbocycles. The van der Waals surface area contributed by atoms with Crippen LogP contribution in [-0.4, -0.2) is 19.5 Å². The van der Waals surface area contributed by atoms with Gasteiger partial charge in [-0.3, -0.25) is 0 Å². The van der Waals surface area contributed by atoms with Crippen LogP contribution in [0.5, 0.6) is 0 Å². The van der Waals surface area contributed by atoms with Crippen molar-refractivity contribution < 1.29 is 0 Å². The van der Waals surface area contributed by atoms with Crippen LogP contribution >= 0.6 is 11.3 Å². The van der Waals surface area contributed by atoms with Gasteiger partial charge in [0.2, 0.25) is 0 Å². The van der Waals surface area contributed by atoms with E-state index in [0.29, 0.717) is 17.5 Å². The second-order valence-corrected chi connectivity index (χ2v) is 15.1. The zero-order valence-corrected chi connectivity index (χ0v) is 31.0. The molecule has 0 unspecified atom stereocenters. The second kappa shape index (κ2) is 13.3. The molecule has 262 valence electrons. The molecule has 0 N–H and O–H groups in total. The molecule has 0 aliphatic carbocycles. The molecule has 0 bridgehead atoms. The summed E-state index contributed by atoms with van der Waals surface area (Å²) in [5, 5.41) is 4.95. The SMILES string of the molecule is c1ccc(-c2ccc(-c3nc(-c4cccc(-n5c6ccccc6c6ccc(-c7ccccc7)cc65)c4)nc(-c4ccc5c(c4)sc4ccccc45)n3)cc2)cc1. The van der Waals surface area contributed by atoms with Gasteiger partial charge in [0.1, 0.15) is 0 Å². The Bertz CT molecular complexity index is 3240. The van der Waals surface area contributed by atoms with Crippen LogP contribution in [0, 0.1) is 0 Å². The molecule has 0 radical (unpaired) electrons. The topological polar surface area (TPSA) is 43.6 Å². The van der Waals surface area contributed by atoms with Crippen molar-refractivity contribution in [3.63, 3.8) is 0 Å². The zero-order chi connectivity index (χ0) is 37.0. The van der Waals surface area contributed by atoms with E-state index in [-0.39, 0.29) is 0 Å². The smallest absolute Gasteiger partial charge is 0.164 e. The van der Waals surface area contributed by atoms with Crippen LogP contribution in [0.3, 0.4) is 0 Å². The molecule has 8 aromatic carbocycles. The minimum absolute atomic E-state index is 0.626. The first kappa shape index (κ1) is 32.2. The molecule has 0 fully saturated rings. The summed E-state index contributed by atoms with van der Waals surface area (Å²) >= 11 is 1.80. The fraction of sp³-hybridized carbons (Fsp3) is 0. The number of thiophene rings is 1. The van der Waals surface area contributed by atoms with Gasteiger partial charge in [-0.1, -0.05) is 158 Å². The van der Waals surface area contributed by atoms with Gasteiger partial charge in [0.25, 0.3) is 0 Å². The number of fused-ring (bicyclic) bond motifs is 6. The summed E-state index contributed by atoms with van der Waals surface area (Å²) in [6.07, 6.45) is 0. The highest BCUT2D eigenvalue weighted by atomic mass is 32.1. The first-order chi connectivity index (χ1) is 27.7. The van der Waals surface area contributed by atoms with E-state index in [1.54, 1.807) is 11.3 Å². The van der Waals surface area contributed by atoms with Gasteiger partial charge in [-0.15, -0.1) is 11.3 Å². The Morgan fingerprint density at radius 3 is 1.57 bits per heavy atom. The minimum Gasteiger partial charge on any atom is -0.309 e. The zero-order valence-electron chi connectivity index (χ0n) is 30.2. The van der Waals surface area contributed by atoms with E-state index in [4.69, 9.17) is 15.0 Å². The highest BCUT2D eigenvalue weighted by Crippen LogP contribution is 2.38. The third-order valence-electron chi connectivity index (χ3n) is 10.7. The summed E-state index contributed by atoms with van der Waals surface area (Å²) in [5.41, 5.74) is 10.8. The summed E-state index contributed by atoms with van der Waals surface area (Å²) in [4.78, 5) is 15.5. The average Bonchev–Trinajstić information content (AvgIpc) is 3.82. The lowest BCUT2D eigenvalue weighted by Crippen LogP contribution is -2.01. The molecule has 4 nitrogen and oxygen atoms in total. The van der Waals surface area contributed by atoms with E-state index in [9.17, 15) is 0 Å². The Labute approximate surface area is 327 Å². The number of rotatable bonds is 6. The number of benzene rings is 8. The van der Waals surface area contributed by atoms with E-state index in [2.05, 4.69) is 193 Å². The first-order valence-corrected chi connectivity index (χ1v) is 19.6. The molecule has 0 atom stereocenters. The molecule has 56 heavy (non-hydrogen) atoms. The van der Waals surface area contributed by atoms with E-state index < -0.39 is 0 Å². The van der Waals surface area contributed by atoms with Crippen molar-refractivity contribution in [2.75, 3.05) is 0 Å². The molecule has 0 amide bonds. The summed E-state index contributed by atoms with van der Waals surface area (Å²) in [6.45, 7) is 0. The number of aromatic nitrogens is 4. The quantitative estimate of drug-likeness (QED) is 0.171. The molecule has 0 aliphatic rings. The summed E-state index contributed by atoms with van der Waals surface area (Å²) in [6, 6.07) is 68.7. The maximum atomic E-state index is 5.20. The van der Waals surface area contributed by atoms with E-state index in [1.165, 1.54) is 47.6 Å². The maximum Gasteiger partial charge on any atom is 0.164 e. The maximum absolute atomic E-state index is 5.20. The Hall–Kier alpha value is -7.21. The molecule has 0 aliphatic heterocycles. The molecule has 11 rings (SSSR count). The highest BCUT2D eigenvalue weighted by Gasteiger charge is 2.17.